The topological polar surface area (TPSA) is 17.8 Å². The zero-order valence-electron chi connectivity index (χ0n) is 7.07. The van der Waals surface area contributed by atoms with Crippen molar-refractivity contribution in [2.24, 2.45) is 0 Å². The van der Waals surface area contributed by atoms with Gasteiger partial charge in [-0.25, -0.2) is 0 Å². The molecular formula is C10H9ClN2. The van der Waals surface area contributed by atoms with Crippen molar-refractivity contribution >= 4 is 22.5 Å². The third-order valence-electron chi connectivity index (χ3n) is 2.45. The van der Waals surface area contributed by atoms with Crippen LogP contribution in [0.4, 0.5) is 0 Å². The number of hydrogen-bond donors (Lipinski definition) is 0. The van der Waals surface area contributed by atoms with Crippen LogP contribution in [0.5, 0.6) is 0 Å². The van der Waals surface area contributed by atoms with Crippen LogP contribution in [-0.4, -0.2) is 9.78 Å². The molecule has 1 aliphatic carbocycles. The van der Waals surface area contributed by atoms with Gasteiger partial charge in [-0.05, 0) is 31.0 Å². The first-order valence-corrected chi connectivity index (χ1v) is 4.85. The van der Waals surface area contributed by atoms with Gasteiger partial charge in [0, 0.05) is 10.4 Å². The standard InChI is InChI=1S/C10H9ClN2/c11-8-1-4-10-7(5-8)6-12-13(10)9-2-3-9/h1,4-6,9H,2-3H2. The third kappa shape index (κ3) is 1.13. The highest BCUT2D eigenvalue weighted by Gasteiger charge is 2.25. The minimum Gasteiger partial charge on any atom is -0.262 e. The van der Waals surface area contributed by atoms with Gasteiger partial charge in [0.2, 0.25) is 0 Å². The van der Waals surface area contributed by atoms with Crippen LogP contribution in [-0.2, 0) is 0 Å². The van der Waals surface area contributed by atoms with Crippen LogP contribution >= 0.6 is 11.6 Å². The molecule has 3 heteroatoms. The second-order valence-corrected chi connectivity index (χ2v) is 3.96. The minimum atomic E-state index is 0.638. The Labute approximate surface area is 81.1 Å². The summed E-state index contributed by atoms with van der Waals surface area (Å²) in [4.78, 5) is 0. The quantitative estimate of drug-likeness (QED) is 0.679. The van der Waals surface area contributed by atoms with E-state index in [0.717, 1.165) is 10.4 Å². The van der Waals surface area contributed by atoms with Gasteiger partial charge in [0.25, 0.3) is 0 Å². The fourth-order valence-electron chi connectivity index (χ4n) is 1.63. The van der Waals surface area contributed by atoms with E-state index in [1.807, 2.05) is 24.4 Å². The molecule has 0 saturated heterocycles. The summed E-state index contributed by atoms with van der Waals surface area (Å²) in [6, 6.07) is 6.56. The highest BCUT2D eigenvalue weighted by Crippen LogP contribution is 2.36. The fraction of sp³-hybridized carbons (Fsp3) is 0.300. The smallest absolute Gasteiger partial charge is 0.0686 e. The summed E-state index contributed by atoms with van der Waals surface area (Å²) in [5.41, 5.74) is 1.20. The van der Waals surface area contributed by atoms with Crippen LogP contribution in [0, 0.1) is 0 Å². The van der Waals surface area contributed by atoms with E-state index in [1.165, 1.54) is 18.4 Å². The molecule has 1 aromatic carbocycles. The summed E-state index contributed by atoms with van der Waals surface area (Å²) < 4.78 is 2.10. The normalized spacial score (nSPS) is 16.7. The maximum Gasteiger partial charge on any atom is 0.0686 e. The number of rotatable bonds is 1. The second-order valence-electron chi connectivity index (χ2n) is 3.52. The van der Waals surface area contributed by atoms with E-state index in [2.05, 4.69) is 9.78 Å². The molecule has 3 rings (SSSR count). The Balaban J connectivity index is 2.26. The van der Waals surface area contributed by atoms with Gasteiger partial charge in [-0.3, -0.25) is 4.68 Å². The Bertz CT molecular complexity index is 457. The maximum absolute atomic E-state index is 5.89. The lowest BCUT2D eigenvalue weighted by atomic mass is 10.2. The zero-order valence-corrected chi connectivity index (χ0v) is 7.83. The van der Waals surface area contributed by atoms with Gasteiger partial charge in [-0.2, -0.15) is 5.10 Å². The number of halogens is 1. The van der Waals surface area contributed by atoms with E-state index in [1.54, 1.807) is 0 Å². The molecule has 0 bridgehead atoms. The van der Waals surface area contributed by atoms with Crippen molar-refractivity contribution in [3.05, 3.63) is 29.4 Å². The van der Waals surface area contributed by atoms with E-state index < -0.39 is 0 Å². The molecule has 1 saturated carbocycles. The van der Waals surface area contributed by atoms with Crippen LogP contribution < -0.4 is 0 Å². The van der Waals surface area contributed by atoms with E-state index in [0.29, 0.717) is 6.04 Å². The van der Waals surface area contributed by atoms with Crippen molar-refractivity contribution < 1.29 is 0 Å². The molecule has 1 fully saturated rings. The molecule has 2 aromatic rings. The van der Waals surface area contributed by atoms with Gasteiger partial charge >= 0.3 is 0 Å². The van der Waals surface area contributed by atoms with Gasteiger partial charge in [0.05, 0.1) is 17.8 Å². The average Bonchev–Trinajstić information content (AvgIpc) is 2.87. The Morgan fingerprint density at radius 1 is 1.38 bits per heavy atom. The van der Waals surface area contributed by atoms with Crippen molar-refractivity contribution in [3.8, 4) is 0 Å². The predicted molar refractivity (Wildman–Crippen MR) is 53.0 cm³/mol. The number of benzene rings is 1. The fourth-order valence-corrected chi connectivity index (χ4v) is 1.81. The summed E-state index contributed by atoms with van der Waals surface area (Å²) in [6.45, 7) is 0. The maximum atomic E-state index is 5.89. The Kier molecular flexibility index (Phi) is 1.41. The molecule has 0 N–H and O–H groups in total. The van der Waals surface area contributed by atoms with E-state index in [4.69, 9.17) is 11.6 Å². The molecular weight excluding hydrogens is 184 g/mol. The van der Waals surface area contributed by atoms with Gasteiger partial charge in [0.1, 0.15) is 0 Å². The van der Waals surface area contributed by atoms with Crippen LogP contribution in [0.1, 0.15) is 18.9 Å². The molecule has 0 aliphatic heterocycles. The summed E-state index contributed by atoms with van der Waals surface area (Å²) in [5.74, 6) is 0. The molecule has 1 aromatic heterocycles. The Hall–Kier alpha value is -1.02. The first-order chi connectivity index (χ1) is 6.34. The summed E-state index contributed by atoms with van der Waals surface area (Å²) in [6.07, 6.45) is 4.42. The van der Waals surface area contributed by atoms with E-state index in [-0.39, 0.29) is 0 Å². The molecule has 0 radical (unpaired) electrons. The van der Waals surface area contributed by atoms with E-state index >= 15 is 0 Å². The molecule has 1 heterocycles. The van der Waals surface area contributed by atoms with Crippen molar-refractivity contribution in [1.29, 1.82) is 0 Å². The molecule has 0 atom stereocenters. The average molecular weight is 193 g/mol. The molecule has 66 valence electrons. The van der Waals surface area contributed by atoms with Gasteiger partial charge in [0.15, 0.2) is 0 Å². The Morgan fingerprint density at radius 2 is 2.23 bits per heavy atom. The van der Waals surface area contributed by atoms with Crippen molar-refractivity contribution in [1.82, 2.24) is 9.78 Å². The van der Waals surface area contributed by atoms with Crippen molar-refractivity contribution in [3.63, 3.8) is 0 Å². The van der Waals surface area contributed by atoms with Crippen molar-refractivity contribution in [2.75, 3.05) is 0 Å². The van der Waals surface area contributed by atoms with Crippen LogP contribution in [0.15, 0.2) is 24.4 Å². The molecule has 13 heavy (non-hydrogen) atoms. The molecule has 0 amide bonds. The number of fused-ring (bicyclic) bond motifs is 1. The van der Waals surface area contributed by atoms with Crippen LogP contribution in [0.2, 0.25) is 5.02 Å². The van der Waals surface area contributed by atoms with Gasteiger partial charge < -0.3 is 0 Å². The zero-order chi connectivity index (χ0) is 8.84. The number of nitrogens with zero attached hydrogens (tertiary/aromatic N) is 2. The largest absolute Gasteiger partial charge is 0.262 e. The molecule has 1 aliphatic rings. The summed E-state index contributed by atoms with van der Waals surface area (Å²) in [5, 5.41) is 6.28. The minimum absolute atomic E-state index is 0.638. The lowest BCUT2D eigenvalue weighted by Crippen LogP contribution is -1.94. The SMILES string of the molecule is Clc1ccc2c(cnn2C2CC2)c1. The van der Waals surface area contributed by atoms with Gasteiger partial charge in [-0.15, -0.1) is 0 Å². The summed E-state index contributed by atoms with van der Waals surface area (Å²) >= 11 is 5.89. The molecule has 2 nitrogen and oxygen atoms in total. The number of hydrogen-bond acceptors (Lipinski definition) is 1. The first-order valence-electron chi connectivity index (χ1n) is 4.47. The lowest BCUT2D eigenvalue weighted by molar-refractivity contribution is 0.665. The summed E-state index contributed by atoms with van der Waals surface area (Å²) in [7, 11) is 0. The van der Waals surface area contributed by atoms with Gasteiger partial charge in [-0.1, -0.05) is 11.6 Å². The molecule has 0 unspecified atom stereocenters. The first kappa shape index (κ1) is 7.39. The predicted octanol–water partition coefficient (Wildman–Crippen LogP) is 3.02. The van der Waals surface area contributed by atoms with Crippen molar-refractivity contribution in [2.45, 2.75) is 18.9 Å². The van der Waals surface area contributed by atoms with E-state index in [9.17, 15) is 0 Å². The third-order valence-corrected chi connectivity index (χ3v) is 2.69. The van der Waals surface area contributed by atoms with Crippen LogP contribution in [0.25, 0.3) is 10.9 Å². The van der Waals surface area contributed by atoms with Crippen LogP contribution in [0.3, 0.4) is 0 Å². The second kappa shape index (κ2) is 2.48. The lowest BCUT2D eigenvalue weighted by Gasteiger charge is -1.99. The molecule has 0 spiro atoms. The monoisotopic (exact) mass is 192 g/mol. The number of aromatic nitrogens is 2. The highest BCUT2D eigenvalue weighted by molar-refractivity contribution is 6.31. The highest BCUT2D eigenvalue weighted by atomic mass is 35.5. The Morgan fingerprint density at radius 3 is 3.00 bits per heavy atom.